The summed E-state index contributed by atoms with van der Waals surface area (Å²) in [5.74, 6) is 1.58. The predicted octanol–water partition coefficient (Wildman–Crippen LogP) is 2.98. The molecule has 2 rings (SSSR count). The van der Waals surface area contributed by atoms with E-state index < -0.39 is 0 Å². The van der Waals surface area contributed by atoms with Gasteiger partial charge in [0.2, 0.25) is 0 Å². The quantitative estimate of drug-likeness (QED) is 0.791. The molecule has 3 nitrogen and oxygen atoms in total. The molecule has 0 aromatic carbocycles. The number of rotatable bonds is 3. The van der Waals surface area contributed by atoms with Crippen molar-refractivity contribution in [3.8, 4) is 0 Å². The Balaban J connectivity index is 2.79. The highest BCUT2D eigenvalue weighted by Crippen LogP contribution is 2.23. The number of hydrogen-bond donors (Lipinski definition) is 0. The molecule has 0 aliphatic rings. The van der Waals surface area contributed by atoms with E-state index in [1.165, 1.54) is 11.2 Å². The molecule has 86 valence electrons. The van der Waals surface area contributed by atoms with Crippen molar-refractivity contribution in [3.63, 3.8) is 0 Å². The molecule has 0 spiro atoms. The molecule has 0 N–H and O–H groups in total. The van der Waals surface area contributed by atoms with E-state index in [1.54, 1.807) is 0 Å². The third-order valence-corrected chi connectivity index (χ3v) is 2.93. The standard InChI is InChI=1S/C13H19N3/c1-5-10-13-12(9(3)4)14-7-8-16(13)11(6-2)15-10/h7-9H,5-6H2,1-4H3. The van der Waals surface area contributed by atoms with Gasteiger partial charge in [0, 0.05) is 18.8 Å². The summed E-state index contributed by atoms with van der Waals surface area (Å²) in [6.45, 7) is 8.66. The van der Waals surface area contributed by atoms with Gasteiger partial charge in [0.1, 0.15) is 5.82 Å². The second-order valence-corrected chi connectivity index (χ2v) is 4.37. The Morgan fingerprint density at radius 3 is 2.56 bits per heavy atom. The smallest absolute Gasteiger partial charge is 0.113 e. The summed E-state index contributed by atoms with van der Waals surface area (Å²) in [4.78, 5) is 9.19. The molecule has 0 amide bonds. The fourth-order valence-electron chi connectivity index (χ4n) is 2.12. The topological polar surface area (TPSA) is 30.2 Å². The van der Waals surface area contributed by atoms with Crippen LogP contribution in [-0.4, -0.2) is 14.4 Å². The largest absolute Gasteiger partial charge is 0.300 e. The van der Waals surface area contributed by atoms with Crippen LogP contribution < -0.4 is 0 Å². The first-order valence-electron chi connectivity index (χ1n) is 6.03. The van der Waals surface area contributed by atoms with Gasteiger partial charge in [0.15, 0.2) is 0 Å². The Morgan fingerprint density at radius 1 is 1.25 bits per heavy atom. The fourth-order valence-corrected chi connectivity index (χ4v) is 2.12. The van der Waals surface area contributed by atoms with Crippen LogP contribution in [-0.2, 0) is 12.8 Å². The molecule has 2 aromatic heterocycles. The lowest BCUT2D eigenvalue weighted by Gasteiger charge is -2.08. The zero-order valence-electron chi connectivity index (χ0n) is 10.5. The average Bonchev–Trinajstić information content (AvgIpc) is 2.66. The van der Waals surface area contributed by atoms with Crippen LogP contribution >= 0.6 is 0 Å². The first-order chi connectivity index (χ1) is 7.69. The molecule has 3 heteroatoms. The van der Waals surface area contributed by atoms with Crippen molar-refractivity contribution in [3.05, 3.63) is 29.6 Å². The van der Waals surface area contributed by atoms with Gasteiger partial charge in [0.05, 0.1) is 16.9 Å². The number of nitrogens with zero attached hydrogens (tertiary/aromatic N) is 3. The van der Waals surface area contributed by atoms with Gasteiger partial charge in [-0.1, -0.05) is 27.7 Å². The minimum Gasteiger partial charge on any atom is -0.300 e. The molecular weight excluding hydrogens is 198 g/mol. The van der Waals surface area contributed by atoms with Crippen molar-refractivity contribution in [2.45, 2.75) is 46.5 Å². The number of hydrogen-bond acceptors (Lipinski definition) is 2. The molecule has 0 unspecified atom stereocenters. The van der Waals surface area contributed by atoms with Crippen molar-refractivity contribution >= 4 is 5.52 Å². The molecule has 2 heterocycles. The number of aromatic nitrogens is 3. The van der Waals surface area contributed by atoms with E-state index in [2.05, 4.69) is 37.1 Å². The second kappa shape index (κ2) is 4.24. The van der Waals surface area contributed by atoms with Gasteiger partial charge in [-0.15, -0.1) is 0 Å². The van der Waals surface area contributed by atoms with Crippen LogP contribution in [0.2, 0.25) is 0 Å². The van der Waals surface area contributed by atoms with Crippen molar-refractivity contribution < 1.29 is 0 Å². The highest BCUT2D eigenvalue weighted by molar-refractivity contribution is 5.58. The minimum absolute atomic E-state index is 0.440. The predicted molar refractivity (Wildman–Crippen MR) is 65.8 cm³/mol. The van der Waals surface area contributed by atoms with Gasteiger partial charge < -0.3 is 4.40 Å². The number of fused-ring (bicyclic) bond motifs is 1. The lowest BCUT2D eigenvalue weighted by Crippen LogP contribution is -2.00. The number of aryl methyl sites for hydroxylation is 2. The normalized spacial score (nSPS) is 11.6. The summed E-state index contributed by atoms with van der Waals surface area (Å²) in [7, 11) is 0. The lowest BCUT2D eigenvalue weighted by molar-refractivity contribution is 0.814. The van der Waals surface area contributed by atoms with Crippen LogP contribution in [0.15, 0.2) is 12.4 Å². The van der Waals surface area contributed by atoms with Gasteiger partial charge in [-0.2, -0.15) is 0 Å². The van der Waals surface area contributed by atoms with Gasteiger partial charge in [-0.25, -0.2) is 4.98 Å². The molecule has 0 atom stereocenters. The van der Waals surface area contributed by atoms with Crippen LogP contribution in [0.1, 0.15) is 50.8 Å². The molecule has 0 saturated carbocycles. The van der Waals surface area contributed by atoms with Gasteiger partial charge >= 0.3 is 0 Å². The average molecular weight is 217 g/mol. The summed E-state index contributed by atoms with van der Waals surface area (Å²) in [6.07, 6.45) is 5.83. The van der Waals surface area contributed by atoms with Crippen molar-refractivity contribution in [2.75, 3.05) is 0 Å². The summed E-state index contributed by atoms with van der Waals surface area (Å²) in [5.41, 5.74) is 3.55. The minimum atomic E-state index is 0.440. The first kappa shape index (κ1) is 11.1. The highest BCUT2D eigenvalue weighted by atomic mass is 15.0. The van der Waals surface area contributed by atoms with Crippen molar-refractivity contribution in [2.24, 2.45) is 0 Å². The van der Waals surface area contributed by atoms with E-state index in [4.69, 9.17) is 4.98 Å². The van der Waals surface area contributed by atoms with Crippen LogP contribution in [0.4, 0.5) is 0 Å². The van der Waals surface area contributed by atoms with E-state index in [1.807, 2.05) is 12.4 Å². The zero-order chi connectivity index (χ0) is 11.7. The molecular formula is C13H19N3. The molecule has 0 aliphatic carbocycles. The van der Waals surface area contributed by atoms with Crippen molar-refractivity contribution in [1.82, 2.24) is 14.4 Å². The Morgan fingerprint density at radius 2 is 2.00 bits per heavy atom. The van der Waals surface area contributed by atoms with Crippen LogP contribution in [0, 0.1) is 0 Å². The Labute approximate surface area is 96.5 Å². The lowest BCUT2D eigenvalue weighted by atomic mass is 10.1. The van der Waals surface area contributed by atoms with Crippen LogP contribution in [0.3, 0.4) is 0 Å². The van der Waals surface area contributed by atoms with E-state index in [9.17, 15) is 0 Å². The molecule has 0 radical (unpaired) electrons. The second-order valence-electron chi connectivity index (χ2n) is 4.37. The zero-order valence-corrected chi connectivity index (χ0v) is 10.5. The first-order valence-corrected chi connectivity index (χ1v) is 6.03. The van der Waals surface area contributed by atoms with Gasteiger partial charge in [0.25, 0.3) is 0 Å². The van der Waals surface area contributed by atoms with Gasteiger partial charge in [-0.3, -0.25) is 4.98 Å². The molecule has 0 aliphatic heterocycles. The molecule has 16 heavy (non-hydrogen) atoms. The summed E-state index contributed by atoms with van der Waals surface area (Å²) in [5, 5.41) is 0. The summed E-state index contributed by atoms with van der Waals surface area (Å²) < 4.78 is 2.20. The number of imidazole rings is 1. The third kappa shape index (κ3) is 1.60. The maximum absolute atomic E-state index is 4.69. The van der Waals surface area contributed by atoms with Gasteiger partial charge in [-0.05, 0) is 12.3 Å². The Kier molecular flexibility index (Phi) is 2.95. The van der Waals surface area contributed by atoms with E-state index in [-0.39, 0.29) is 0 Å². The fraction of sp³-hybridized carbons (Fsp3) is 0.538. The monoisotopic (exact) mass is 217 g/mol. The van der Waals surface area contributed by atoms with Crippen LogP contribution in [0.25, 0.3) is 5.52 Å². The van der Waals surface area contributed by atoms with Crippen molar-refractivity contribution in [1.29, 1.82) is 0 Å². The van der Waals surface area contributed by atoms with E-state index in [0.717, 1.165) is 24.4 Å². The molecule has 0 saturated heterocycles. The maximum atomic E-state index is 4.69. The molecule has 0 fully saturated rings. The summed E-state index contributed by atoms with van der Waals surface area (Å²) in [6, 6.07) is 0. The molecule has 2 aromatic rings. The third-order valence-electron chi connectivity index (χ3n) is 2.93. The van der Waals surface area contributed by atoms with E-state index in [0.29, 0.717) is 5.92 Å². The Hall–Kier alpha value is -1.38. The van der Waals surface area contributed by atoms with Crippen LogP contribution in [0.5, 0.6) is 0 Å². The highest BCUT2D eigenvalue weighted by Gasteiger charge is 2.14. The van der Waals surface area contributed by atoms with E-state index >= 15 is 0 Å². The SMILES string of the molecule is CCc1nc(CC)n2ccnc(C(C)C)c12. The molecule has 0 bridgehead atoms. The Bertz CT molecular complexity index is 497. The maximum Gasteiger partial charge on any atom is 0.113 e. The summed E-state index contributed by atoms with van der Waals surface area (Å²) >= 11 is 0.